The highest BCUT2D eigenvalue weighted by Gasteiger charge is 2.22. The van der Waals surface area contributed by atoms with Crippen LogP contribution in [0.1, 0.15) is 45.9 Å². The van der Waals surface area contributed by atoms with Crippen molar-refractivity contribution in [1.29, 1.82) is 0 Å². The molecule has 0 aliphatic heterocycles. The lowest BCUT2D eigenvalue weighted by Gasteiger charge is -2.26. The van der Waals surface area contributed by atoms with Gasteiger partial charge >= 0.3 is 0 Å². The molecule has 3 nitrogen and oxygen atoms in total. The van der Waals surface area contributed by atoms with Crippen molar-refractivity contribution in [3.8, 4) is 5.75 Å². The summed E-state index contributed by atoms with van der Waals surface area (Å²) in [6.07, 6.45) is 3.20. The van der Waals surface area contributed by atoms with Gasteiger partial charge in [0.2, 0.25) is 0 Å². The fourth-order valence-corrected chi connectivity index (χ4v) is 3.11. The predicted octanol–water partition coefficient (Wildman–Crippen LogP) is 3.81. The van der Waals surface area contributed by atoms with Gasteiger partial charge in [-0.15, -0.1) is 0 Å². The molecule has 1 atom stereocenters. The van der Waals surface area contributed by atoms with E-state index in [-0.39, 0.29) is 11.9 Å². The number of fused-ring (bicyclic) bond motifs is 1. The molecule has 1 N–H and O–H groups in total. The lowest BCUT2D eigenvalue weighted by atomic mass is 9.87. The van der Waals surface area contributed by atoms with Crippen molar-refractivity contribution in [2.24, 2.45) is 0 Å². The van der Waals surface area contributed by atoms with E-state index in [0.717, 1.165) is 30.6 Å². The number of amides is 1. The monoisotopic (exact) mass is 295 g/mol. The average Bonchev–Trinajstić information content (AvgIpc) is 2.55. The fraction of sp³-hybridized carbons (Fsp3) is 0.316. The number of benzene rings is 2. The number of ether oxygens (including phenoxy) is 1. The number of methoxy groups -OCH3 is 1. The lowest BCUT2D eigenvalue weighted by Crippen LogP contribution is -2.31. The molecule has 0 aromatic heterocycles. The summed E-state index contributed by atoms with van der Waals surface area (Å²) < 4.78 is 5.30. The van der Waals surface area contributed by atoms with Gasteiger partial charge in [0, 0.05) is 5.56 Å². The maximum Gasteiger partial charge on any atom is 0.251 e. The van der Waals surface area contributed by atoms with Gasteiger partial charge in [0.1, 0.15) is 5.75 Å². The van der Waals surface area contributed by atoms with Crippen LogP contribution in [0, 0.1) is 6.92 Å². The van der Waals surface area contributed by atoms with Crippen molar-refractivity contribution in [1.82, 2.24) is 5.32 Å². The Balaban J connectivity index is 1.81. The third kappa shape index (κ3) is 2.84. The zero-order valence-electron chi connectivity index (χ0n) is 13.1. The van der Waals surface area contributed by atoms with Crippen molar-refractivity contribution in [2.45, 2.75) is 32.2 Å². The number of hydrogen-bond acceptors (Lipinski definition) is 2. The van der Waals surface area contributed by atoms with E-state index in [4.69, 9.17) is 4.74 Å². The molecule has 0 saturated heterocycles. The van der Waals surface area contributed by atoms with Crippen molar-refractivity contribution < 1.29 is 9.53 Å². The Bertz CT molecular complexity index is 694. The van der Waals surface area contributed by atoms with Crippen LogP contribution in [0.2, 0.25) is 0 Å². The van der Waals surface area contributed by atoms with Crippen molar-refractivity contribution in [2.75, 3.05) is 7.11 Å². The molecule has 22 heavy (non-hydrogen) atoms. The van der Waals surface area contributed by atoms with Gasteiger partial charge in [-0.1, -0.05) is 30.3 Å². The van der Waals surface area contributed by atoms with Crippen LogP contribution in [-0.4, -0.2) is 13.0 Å². The number of hydrogen-bond donors (Lipinski definition) is 1. The normalized spacial score (nSPS) is 16.7. The van der Waals surface area contributed by atoms with Crippen LogP contribution in [0.3, 0.4) is 0 Å². The van der Waals surface area contributed by atoms with E-state index in [2.05, 4.69) is 23.5 Å². The molecule has 1 aliphatic rings. The molecule has 0 saturated carbocycles. The van der Waals surface area contributed by atoms with Crippen molar-refractivity contribution in [3.05, 3.63) is 64.7 Å². The van der Waals surface area contributed by atoms with E-state index in [9.17, 15) is 4.79 Å². The Morgan fingerprint density at radius 2 is 2.05 bits per heavy atom. The predicted molar refractivity (Wildman–Crippen MR) is 87.3 cm³/mol. The summed E-state index contributed by atoms with van der Waals surface area (Å²) in [5.41, 5.74) is 4.27. The second-order valence-corrected chi connectivity index (χ2v) is 5.80. The molecule has 3 heteroatoms. The van der Waals surface area contributed by atoms with Crippen LogP contribution in [0.4, 0.5) is 0 Å². The number of rotatable bonds is 3. The van der Waals surface area contributed by atoms with Crippen LogP contribution in [0.15, 0.2) is 42.5 Å². The first-order chi connectivity index (χ1) is 10.7. The molecule has 3 rings (SSSR count). The average molecular weight is 295 g/mol. The third-order valence-corrected chi connectivity index (χ3v) is 4.34. The van der Waals surface area contributed by atoms with Crippen LogP contribution in [-0.2, 0) is 6.42 Å². The van der Waals surface area contributed by atoms with Gasteiger partial charge in [-0.05, 0) is 55.0 Å². The van der Waals surface area contributed by atoms with Gasteiger partial charge in [-0.2, -0.15) is 0 Å². The molecule has 0 bridgehead atoms. The standard InChI is InChI=1S/C19H21NO2/c1-13-10-11-15(12-18(13)22-2)19(21)20-17-9-5-7-14-6-3-4-8-16(14)17/h3-4,6,8,10-12,17H,5,7,9H2,1-2H3,(H,20,21)/t17-/m1/s1. The highest BCUT2D eigenvalue weighted by Crippen LogP contribution is 2.30. The SMILES string of the molecule is COc1cc(C(=O)N[C@@H]2CCCc3ccccc32)ccc1C. The molecular formula is C19H21NO2. The number of carbonyl (C=O) groups excluding carboxylic acids is 1. The molecule has 1 aliphatic carbocycles. The Morgan fingerprint density at radius 3 is 2.86 bits per heavy atom. The molecular weight excluding hydrogens is 274 g/mol. The minimum Gasteiger partial charge on any atom is -0.496 e. The van der Waals surface area contributed by atoms with Crippen LogP contribution in [0.25, 0.3) is 0 Å². The fourth-order valence-electron chi connectivity index (χ4n) is 3.11. The van der Waals surface area contributed by atoms with Gasteiger partial charge in [-0.25, -0.2) is 0 Å². The number of carbonyl (C=O) groups is 1. The van der Waals surface area contributed by atoms with Gasteiger partial charge in [0.05, 0.1) is 13.2 Å². The molecule has 0 unspecified atom stereocenters. The summed E-state index contributed by atoms with van der Waals surface area (Å²) in [6.45, 7) is 1.97. The molecule has 0 spiro atoms. The van der Waals surface area contributed by atoms with E-state index in [1.165, 1.54) is 11.1 Å². The first-order valence-corrected chi connectivity index (χ1v) is 7.72. The Kier molecular flexibility index (Phi) is 4.14. The summed E-state index contributed by atoms with van der Waals surface area (Å²) in [5.74, 6) is 0.705. The summed E-state index contributed by atoms with van der Waals surface area (Å²) >= 11 is 0. The first kappa shape index (κ1) is 14.6. The van der Waals surface area contributed by atoms with E-state index in [1.54, 1.807) is 13.2 Å². The third-order valence-electron chi connectivity index (χ3n) is 4.34. The molecule has 0 heterocycles. The second-order valence-electron chi connectivity index (χ2n) is 5.80. The minimum atomic E-state index is -0.0417. The van der Waals surface area contributed by atoms with E-state index < -0.39 is 0 Å². The van der Waals surface area contributed by atoms with E-state index in [0.29, 0.717) is 5.56 Å². The Labute approximate surface area is 131 Å². The van der Waals surface area contributed by atoms with Crippen molar-refractivity contribution in [3.63, 3.8) is 0 Å². The van der Waals surface area contributed by atoms with Crippen molar-refractivity contribution >= 4 is 5.91 Å². The molecule has 2 aromatic rings. The molecule has 0 fully saturated rings. The van der Waals surface area contributed by atoms with Crippen LogP contribution >= 0.6 is 0 Å². The van der Waals surface area contributed by atoms with Crippen LogP contribution < -0.4 is 10.1 Å². The zero-order chi connectivity index (χ0) is 15.5. The second kappa shape index (κ2) is 6.22. The summed E-state index contributed by atoms with van der Waals surface area (Å²) in [6, 6.07) is 14.1. The van der Waals surface area contributed by atoms with Gasteiger partial charge in [0.15, 0.2) is 0 Å². The molecule has 1 amide bonds. The molecule has 114 valence electrons. The first-order valence-electron chi connectivity index (χ1n) is 7.72. The number of aryl methyl sites for hydroxylation is 2. The Hall–Kier alpha value is -2.29. The Morgan fingerprint density at radius 1 is 1.23 bits per heavy atom. The summed E-state index contributed by atoms with van der Waals surface area (Å²) in [4.78, 5) is 12.5. The molecule has 2 aromatic carbocycles. The van der Waals surface area contributed by atoms with E-state index >= 15 is 0 Å². The minimum absolute atomic E-state index is 0.0417. The van der Waals surface area contributed by atoms with E-state index in [1.807, 2.05) is 25.1 Å². The van der Waals surface area contributed by atoms with Gasteiger partial charge < -0.3 is 10.1 Å². The maximum absolute atomic E-state index is 12.5. The quantitative estimate of drug-likeness (QED) is 0.935. The van der Waals surface area contributed by atoms with Gasteiger partial charge in [0.25, 0.3) is 5.91 Å². The lowest BCUT2D eigenvalue weighted by molar-refractivity contribution is 0.0932. The number of nitrogens with one attached hydrogen (secondary N) is 1. The highest BCUT2D eigenvalue weighted by atomic mass is 16.5. The largest absolute Gasteiger partial charge is 0.496 e. The summed E-state index contributed by atoms with van der Waals surface area (Å²) in [7, 11) is 1.63. The topological polar surface area (TPSA) is 38.3 Å². The highest BCUT2D eigenvalue weighted by molar-refractivity contribution is 5.95. The van der Waals surface area contributed by atoms with Crippen LogP contribution in [0.5, 0.6) is 5.75 Å². The van der Waals surface area contributed by atoms with Gasteiger partial charge in [-0.3, -0.25) is 4.79 Å². The zero-order valence-corrected chi connectivity index (χ0v) is 13.1. The molecule has 0 radical (unpaired) electrons. The maximum atomic E-state index is 12.5. The summed E-state index contributed by atoms with van der Waals surface area (Å²) in [5, 5.41) is 3.17. The smallest absolute Gasteiger partial charge is 0.251 e.